The van der Waals surface area contributed by atoms with Crippen LogP contribution in [0.3, 0.4) is 0 Å². The zero-order valence-corrected chi connectivity index (χ0v) is 22.6. The maximum absolute atomic E-state index is 12.0. The number of rotatable bonds is 26. The molecule has 0 saturated carbocycles. The quantitative estimate of drug-likeness (QED) is 0.0311. The maximum atomic E-state index is 12.0. The monoisotopic (exact) mass is 499 g/mol. The second-order valence-corrected chi connectivity index (χ2v) is 9.72. The Hall–Kier alpha value is -1.71. The minimum Gasteiger partial charge on any atom is -0.368 e. The number of amidine groups is 1. The van der Waals surface area contributed by atoms with Crippen molar-refractivity contribution in [3.63, 3.8) is 0 Å². The molecule has 0 spiro atoms. The fourth-order valence-corrected chi connectivity index (χ4v) is 4.19. The molecular formula is C26H57N7O2+2. The van der Waals surface area contributed by atoms with Crippen LogP contribution >= 0.6 is 0 Å². The van der Waals surface area contributed by atoms with Gasteiger partial charge >= 0.3 is 5.84 Å². The van der Waals surface area contributed by atoms with Gasteiger partial charge in [-0.05, 0) is 45.1 Å². The standard InChI is InChI=1S/C26H55N7O2/c1-2-21-30-23(26(28)35)18-16-17-22-31-25(34)20-15-13-11-9-7-5-3-4-6-8-10-12-14-19-24(27)32-33-29/h23,30,33H,2-22,29H2,1H3,(H2,27,32)(H2,28,35)(H,31,34)/p+2. The lowest BCUT2D eigenvalue weighted by Crippen LogP contribution is -2.93. The van der Waals surface area contributed by atoms with E-state index in [1.807, 2.05) is 0 Å². The third-order valence-electron chi connectivity index (χ3n) is 6.36. The van der Waals surface area contributed by atoms with Crippen LogP contribution in [0.1, 0.15) is 129 Å². The van der Waals surface area contributed by atoms with Crippen molar-refractivity contribution in [1.82, 2.24) is 16.2 Å². The van der Waals surface area contributed by atoms with Crippen LogP contribution in [0.2, 0.25) is 0 Å². The Morgan fingerprint density at radius 2 is 1.29 bits per heavy atom. The zero-order chi connectivity index (χ0) is 26.0. The predicted octanol–water partition coefficient (Wildman–Crippen LogP) is 1.08. The molecule has 206 valence electrons. The number of carbonyl (C=O) groups excluding carboxylic acids is 2. The second-order valence-electron chi connectivity index (χ2n) is 9.72. The Kier molecular flexibility index (Phi) is 24.1. The molecule has 0 aromatic heterocycles. The van der Waals surface area contributed by atoms with Crippen LogP contribution in [-0.2, 0) is 9.59 Å². The molecule has 1 unspecified atom stereocenters. The van der Waals surface area contributed by atoms with E-state index >= 15 is 0 Å². The predicted molar refractivity (Wildman–Crippen MR) is 144 cm³/mol. The Morgan fingerprint density at radius 3 is 1.77 bits per heavy atom. The number of nitrogens with one attached hydrogen (secondary N) is 4. The van der Waals surface area contributed by atoms with Gasteiger partial charge in [-0.3, -0.25) is 15.3 Å². The van der Waals surface area contributed by atoms with E-state index < -0.39 is 0 Å². The second kappa shape index (κ2) is 25.4. The minimum atomic E-state index is -0.289. The van der Waals surface area contributed by atoms with Crippen LogP contribution in [0, 0.1) is 0 Å². The fraction of sp³-hybridized carbons (Fsp3) is 0.885. The van der Waals surface area contributed by atoms with Crippen molar-refractivity contribution in [3.8, 4) is 0 Å². The lowest BCUT2D eigenvalue weighted by Gasteiger charge is -2.14. The summed E-state index contributed by atoms with van der Waals surface area (Å²) in [5.41, 5.74) is 11.7. The first-order valence-electron chi connectivity index (χ1n) is 14.2. The summed E-state index contributed by atoms with van der Waals surface area (Å²) in [5.74, 6) is 6.00. The molecular weight excluding hydrogens is 442 g/mol. The van der Waals surface area contributed by atoms with E-state index in [0.29, 0.717) is 13.0 Å². The molecule has 0 aliphatic carbocycles. The van der Waals surface area contributed by atoms with E-state index in [9.17, 15) is 9.59 Å². The lowest BCUT2D eigenvalue weighted by molar-refractivity contribution is -0.564. The van der Waals surface area contributed by atoms with Gasteiger partial charge in [-0.15, -0.1) is 5.53 Å². The highest BCUT2D eigenvalue weighted by atomic mass is 16.2. The van der Waals surface area contributed by atoms with E-state index in [0.717, 1.165) is 57.3 Å². The molecule has 35 heavy (non-hydrogen) atoms. The van der Waals surface area contributed by atoms with E-state index in [2.05, 4.69) is 33.9 Å². The van der Waals surface area contributed by atoms with Crippen LogP contribution in [0.5, 0.6) is 0 Å². The van der Waals surface area contributed by atoms with E-state index in [4.69, 9.17) is 11.6 Å². The molecule has 9 heteroatoms. The van der Waals surface area contributed by atoms with Gasteiger partial charge in [0.15, 0.2) is 0 Å². The Balaban J connectivity index is 3.36. The Morgan fingerprint density at radius 1 is 0.771 bits per heavy atom. The molecule has 1 atom stereocenters. The van der Waals surface area contributed by atoms with Crippen LogP contribution in [0.15, 0.2) is 0 Å². The average Bonchev–Trinajstić information content (AvgIpc) is 2.83. The Bertz CT molecular complexity index is 544. The molecule has 0 aromatic carbocycles. The third-order valence-corrected chi connectivity index (χ3v) is 6.36. The summed E-state index contributed by atoms with van der Waals surface area (Å²) in [7, 11) is 0. The fourth-order valence-electron chi connectivity index (χ4n) is 4.19. The van der Waals surface area contributed by atoms with Gasteiger partial charge in [-0.25, -0.2) is 5.84 Å². The minimum absolute atomic E-state index is 0.148. The number of hydrogen-bond acceptors (Lipinski definition) is 5. The van der Waals surface area contributed by atoms with Gasteiger partial charge in [-0.1, -0.05) is 82.7 Å². The first-order chi connectivity index (χ1) is 17.0. The molecule has 0 aliphatic rings. The molecule has 0 fully saturated rings. The number of hydrazone groups is 1. The van der Waals surface area contributed by atoms with Crippen LogP contribution < -0.4 is 38.6 Å². The molecule has 0 heterocycles. The molecule has 0 saturated heterocycles. The van der Waals surface area contributed by atoms with Gasteiger partial charge in [0.25, 0.3) is 0 Å². The number of primary amides is 1. The van der Waals surface area contributed by atoms with Gasteiger partial charge in [0.1, 0.15) is 0 Å². The molecule has 0 rings (SSSR count). The highest BCUT2D eigenvalue weighted by Crippen LogP contribution is 2.13. The lowest BCUT2D eigenvalue weighted by atomic mass is 10.0. The summed E-state index contributed by atoms with van der Waals surface area (Å²) in [5, 5.41) is 8.99. The summed E-state index contributed by atoms with van der Waals surface area (Å²) in [6, 6.07) is -0.254. The van der Waals surface area contributed by atoms with E-state index in [-0.39, 0.29) is 17.9 Å². The zero-order valence-electron chi connectivity index (χ0n) is 22.6. The normalized spacial score (nSPS) is 12.5. The van der Waals surface area contributed by atoms with Gasteiger partial charge in [-0.2, -0.15) is 0 Å². The van der Waals surface area contributed by atoms with Gasteiger partial charge in [0.2, 0.25) is 11.8 Å². The number of unbranched alkanes of at least 4 members (excludes halogenated alkanes) is 13. The van der Waals surface area contributed by atoms with Gasteiger partial charge in [0, 0.05) is 13.0 Å². The van der Waals surface area contributed by atoms with Crippen molar-refractivity contribution in [3.05, 3.63) is 0 Å². The van der Waals surface area contributed by atoms with Gasteiger partial charge in [0.05, 0.1) is 12.5 Å². The molecule has 0 bridgehead atoms. The van der Waals surface area contributed by atoms with Crippen LogP contribution in [0.4, 0.5) is 0 Å². The number of amides is 2. The molecule has 2 amide bonds. The van der Waals surface area contributed by atoms with E-state index in [1.165, 1.54) is 70.6 Å². The van der Waals surface area contributed by atoms with Crippen molar-refractivity contribution in [1.29, 1.82) is 0 Å². The molecule has 0 aliphatic heterocycles. The highest BCUT2D eigenvalue weighted by Gasteiger charge is 2.13. The maximum Gasteiger partial charge on any atom is 0.360 e. The summed E-state index contributed by atoms with van der Waals surface area (Å²) in [6.45, 7) is 3.54. The van der Waals surface area contributed by atoms with Crippen LogP contribution in [-0.4, -0.2) is 36.8 Å². The topological polar surface area (TPSA) is 164 Å². The van der Waals surface area contributed by atoms with Crippen molar-refractivity contribution >= 4 is 17.6 Å². The summed E-state index contributed by atoms with van der Waals surface area (Å²) in [4.78, 5) is 23.4. The summed E-state index contributed by atoms with van der Waals surface area (Å²) in [6.07, 6.45) is 21.5. The van der Waals surface area contributed by atoms with Crippen molar-refractivity contribution in [2.75, 3.05) is 13.1 Å². The van der Waals surface area contributed by atoms with Crippen molar-refractivity contribution in [2.45, 2.75) is 135 Å². The molecule has 0 radical (unpaired) electrons. The van der Waals surface area contributed by atoms with E-state index in [1.54, 1.807) is 0 Å². The smallest absolute Gasteiger partial charge is 0.360 e. The molecule has 11 N–H and O–H groups in total. The third kappa shape index (κ3) is 23.8. The largest absolute Gasteiger partial charge is 0.368 e. The van der Waals surface area contributed by atoms with Crippen LogP contribution in [0.25, 0.3) is 0 Å². The SMILES string of the molecule is CCCNC(CCCCNC(=O)CCCCCCCCCCCCCCC/C([NH3+])=[NH+]/NN)C(N)=O. The Labute approximate surface area is 214 Å². The number of carbonyl (C=O) groups is 2. The van der Waals surface area contributed by atoms with Gasteiger partial charge < -0.3 is 16.4 Å². The first-order valence-corrected chi connectivity index (χ1v) is 14.2. The number of quaternary nitrogens is 1. The molecule has 0 aromatic rings. The summed E-state index contributed by atoms with van der Waals surface area (Å²) < 4.78 is 0. The number of nitrogens with two attached hydrogens (primary N) is 2. The van der Waals surface area contributed by atoms with Crippen molar-refractivity contribution < 1.29 is 20.4 Å². The average molecular weight is 500 g/mol. The first kappa shape index (κ1) is 33.3. The molecule has 9 nitrogen and oxygen atoms in total. The number of hydrogen-bond donors (Lipinski definition) is 7. The summed E-state index contributed by atoms with van der Waals surface area (Å²) >= 11 is 0. The van der Waals surface area contributed by atoms with Crippen molar-refractivity contribution in [2.24, 2.45) is 11.6 Å². The highest BCUT2D eigenvalue weighted by molar-refractivity contribution is 5.79. The number of hydrazine groups is 2.